The van der Waals surface area contributed by atoms with Crippen molar-refractivity contribution >= 4 is 11.6 Å². The van der Waals surface area contributed by atoms with Crippen LogP contribution in [-0.2, 0) is 0 Å². The van der Waals surface area contributed by atoms with Crippen molar-refractivity contribution in [2.45, 2.75) is 51.4 Å². The normalized spacial score (nSPS) is 17.8. The van der Waals surface area contributed by atoms with Crippen molar-refractivity contribution in [3.63, 3.8) is 0 Å². The van der Waals surface area contributed by atoms with E-state index in [4.69, 9.17) is 21.3 Å². The fourth-order valence-corrected chi connectivity index (χ4v) is 2.63. The quantitative estimate of drug-likeness (QED) is 0.771. The molecule has 1 aromatic rings. The molecule has 1 heterocycles. The number of nitrogens with one attached hydrogen (secondary N) is 2. The summed E-state index contributed by atoms with van der Waals surface area (Å²) in [4.78, 5) is 22.7. The minimum Gasteiger partial charge on any atom is -0.340 e. The Morgan fingerprint density at radius 1 is 0.783 bits per heavy atom. The van der Waals surface area contributed by atoms with Gasteiger partial charge in [0.05, 0.1) is 0 Å². The van der Waals surface area contributed by atoms with Crippen molar-refractivity contribution in [3.05, 3.63) is 28.8 Å². The molecule has 0 spiro atoms. The zero-order valence-corrected chi connectivity index (χ0v) is 13.6. The highest BCUT2D eigenvalue weighted by atomic mass is 35.5. The van der Waals surface area contributed by atoms with Crippen LogP contribution in [0.1, 0.15) is 51.4 Å². The lowest BCUT2D eigenvalue weighted by molar-refractivity contribution is 0.176. The highest BCUT2D eigenvalue weighted by Gasteiger charge is 2.11. The zero-order chi connectivity index (χ0) is 15.9. The molecule has 7 nitrogen and oxygen atoms in total. The number of hydrogen-bond donors (Lipinski definition) is 2. The van der Waals surface area contributed by atoms with Gasteiger partial charge in [0.25, 0.3) is 0 Å². The number of halogens is 1. The van der Waals surface area contributed by atoms with Crippen LogP contribution >= 0.6 is 11.6 Å². The highest BCUT2D eigenvalue weighted by Crippen LogP contribution is 2.18. The van der Waals surface area contributed by atoms with Crippen molar-refractivity contribution in [2.75, 3.05) is 0 Å². The second-order valence-electron chi connectivity index (χ2n) is 5.53. The van der Waals surface area contributed by atoms with Gasteiger partial charge in [0.2, 0.25) is 5.28 Å². The third-order valence-corrected chi connectivity index (χ3v) is 3.86. The van der Waals surface area contributed by atoms with E-state index in [0.717, 1.165) is 49.9 Å². The van der Waals surface area contributed by atoms with Crippen LogP contribution in [-0.4, -0.2) is 15.0 Å². The van der Waals surface area contributed by atoms with E-state index in [1.807, 2.05) is 0 Å². The molecule has 0 radical (unpaired) electrons. The number of allylic oxidation sites excluding steroid dienone is 4. The van der Waals surface area contributed by atoms with Crippen molar-refractivity contribution < 1.29 is 9.68 Å². The van der Waals surface area contributed by atoms with Crippen molar-refractivity contribution in [3.8, 4) is 12.0 Å². The van der Waals surface area contributed by atoms with Crippen LogP contribution in [0, 0.1) is 0 Å². The van der Waals surface area contributed by atoms with Gasteiger partial charge >= 0.3 is 12.0 Å². The lowest BCUT2D eigenvalue weighted by Gasteiger charge is -2.15. The van der Waals surface area contributed by atoms with Crippen molar-refractivity contribution in [2.24, 2.45) is 0 Å². The predicted octanol–water partition coefficient (Wildman–Crippen LogP) is 3.21. The Labute approximate surface area is 140 Å². The van der Waals surface area contributed by atoms with E-state index in [2.05, 4.69) is 38.1 Å². The first-order valence-electron chi connectivity index (χ1n) is 7.95. The maximum absolute atomic E-state index is 5.89. The monoisotopic (exact) mass is 337 g/mol. The summed E-state index contributed by atoms with van der Waals surface area (Å²) in [6.07, 6.45) is 13.0. The molecule has 2 aliphatic carbocycles. The Morgan fingerprint density at radius 3 is 1.74 bits per heavy atom. The maximum Gasteiger partial charge on any atom is 0.350 e. The van der Waals surface area contributed by atoms with Crippen LogP contribution in [0.15, 0.2) is 23.5 Å². The molecule has 23 heavy (non-hydrogen) atoms. The average Bonchev–Trinajstić information content (AvgIpc) is 2.60. The molecule has 0 amide bonds. The minimum atomic E-state index is 0.0175. The number of rotatable bonds is 6. The third-order valence-electron chi connectivity index (χ3n) is 3.70. The van der Waals surface area contributed by atoms with Gasteiger partial charge in [-0.15, -0.1) is 4.98 Å². The molecule has 0 aliphatic heterocycles. The summed E-state index contributed by atoms with van der Waals surface area (Å²) in [6, 6.07) is 0.150. The van der Waals surface area contributed by atoms with Gasteiger partial charge in [0, 0.05) is 11.4 Å². The molecule has 0 fully saturated rings. The van der Waals surface area contributed by atoms with Crippen LogP contribution in [0.5, 0.6) is 12.0 Å². The summed E-state index contributed by atoms with van der Waals surface area (Å²) in [7, 11) is 0. The summed E-state index contributed by atoms with van der Waals surface area (Å²) >= 11 is 5.89. The first-order valence-corrected chi connectivity index (χ1v) is 8.33. The van der Waals surface area contributed by atoms with E-state index in [0.29, 0.717) is 0 Å². The predicted molar refractivity (Wildman–Crippen MR) is 85.5 cm³/mol. The van der Waals surface area contributed by atoms with Crippen LogP contribution in [0.2, 0.25) is 5.28 Å². The van der Waals surface area contributed by atoms with E-state index in [-0.39, 0.29) is 17.3 Å². The van der Waals surface area contributed by atoms with Gasteiger partial charge in [-0.25, -0.2) is 11.0 Å². The third kappa shape index (κ3) is 4.99. The molecule has 8 heteroatoms. The topological polar surface area (TPSA) is 81.2 Å². The molecule has 0 saturated heterocycles. The molecule has 2 N–H and O–H groups in total. The largest absolute Gasteiger partial charge is 0.350 e. The number of aromatic nitrogens is 3. The minimum absolute atomic E-state index is 0.0175. The van der Waals surface area contributed by atoms with Gasteiger partial charge < -0.3 is 9.68 Å². The fraction of sp³-hybridized carbons (Fsp3) is 0.533. The molecule has 0 unspecified atom stereocenters. The Morgan fingerprint density at radius 2 is 1.30 bits per heavy atom. The molecule has 0 saturated carbocycles. The van der Waals surface area contributed by atoms with E-state index in [9.17, 15) is 0 Å². The average molecular weight is 338 g/mol. The van der Waals surface area contributed by atoms with Crippen LogP contribution in [0.25, 0.3) is 0 Å². The summed E-state index contributed by atoms with van der Waals surface area (Å²) in [5.41, 5.74) is 7.78. The fourth-order valence-electron chi connectivity index (χ4n) is 2.49. The van der Waals surface area contributed by atoms with Gasteiger partial charge in [-0.05, 0) is 63.0 Å². The molecule has 0 bridgehead atoms. The SMILES string of the molecule is Clc1nc(ONC2=CCCCC2)nc(ONC2=CCCCC2)n1. The zero-order valence-electron chi connectivity index (χ0n) is 12.8. The van der Waals surface area contributed by atoms with Crippen LogP contribution in [0.4, 0.5) is 0 Å². The summed E-state index contributed by atoms with van der Waals surface area (Å²) < 4.78 is 0. The van der Waals surface area contributed by atoms with Crippen molar-refractivity contribution in [1.82, 2.24) is 25.9 Å². The molecule has 3 rings (SSSR count). The molecule has 1 aromatic heterocycles. The van der Waals surface area contributed by atoms with Crippen molar-refractivity contribution in [1.29, 1.82) is 0 Å². The molecule has 0 atom stereocenters. The van der Waals surface area contributed by atoms with Gasteiger partial charge in [-0.3, -0.25) is 0 Å². The van der Waals surface area contributed by atoms with E-state index in [1.165, 1.54) is 12.8 Å². The smallest absolute Gasteiger partial charge is 0.340 e. The maximum atomic E-state index is 5.89. The Bertz CT molecular complexity index is 557. The van der Waals surface area contributed by atoms with Gasteiger partial charge in [0.1, 0.15) is 0 Å². The molecular formula is C15H20ClN5O2. The molecular weight excluding hydrogens is 318 g/mol. The van der Waals surface area contributed by atoms with E-state index >= 15 is 0 Å². The first kappa shape index (κ1) is 15.9. The number of nitrogens with zero attached hydrogens (tertiary/aromatic N) is 3. The molecule has 2 aliphatic rings. The van der Waals surface area contributed by atoms with E-state index < -0.39 is 0 Å². The second-order valence-corrected chi connectivity index (χ2v) is 5.87. The lowest BCUT2D eigenvalue weighted by Crippen LogP contribution is -2.23. The Kier molecular flexibility index (Phi) is 5.52. The van der Waals surface area contributed by atoms with Crippen LogP contribution in [0.3, 0.4) is 0 Å². The standard InChI is InChI=1S/C15H20ClN5O2/c16-13-17-14(22-20-11-7-3-1-4-8-11)19-15(18-13)23-21-12-9-5-2-6-10-12/h7,9,20-21H,1-6,8,10H2. The highest BCUT2D eigenvalue weighted by molar-refractivity contribution is 6.28. The number of hydroxylamine groups is 2. The molecule has 124 valence electrons. The van der Waals surface area contributed by atoms with Gasteiger partial charge in [-0.2, -0.15) is 9.97 Å². The summed E-state index contributed by atoms with van der Waals surface area (Å²) in [6.45, 7) is 0. The summed E-state index contributed by atoms with van der Waals surface area (Å²) in [5, 5.41) is 0.0175. The van der Waals surface area contributed by atoms with E-state index in [1.54, 1.807) is 0 Å². The van der Waals surface area contributed by atoms with Gasteiger partial charge in [0.15, 0.2) is 0 Å². The number of hydrogen-bond acceptors (Lipinski definition) is 7. The Hall–Kier alpha value is -2.02. The lowest BCUT2D eigenvalue weighted by atomic mass is 10.1. The first-order chi connectivity index (χ1) is 11.3. The summed E-state index contributed by atoms with van der Waals surface area (Å²) in [5.74, 6) is 0. The van der Waals surface area contributed by atoms with Gasteiger partial charge in [-0.1, -0.05) is 12.2 Å². The second kappa shape index (κ2) is 8.01. The Balaban J connectivity index is 1.57. The molecule has 0 aromatic carbocycles. The van der Waals surface area contributed by atoms with Crippen LogP contribution < -0.4 is 20.6 Å².